The minimum absolute atomic E-state index is 0.615. The number of rotatable bonds is 3. The van der Waals surface area contributed by atoms with E-state index in [1.165, 1.54) is 11.1 Å². The standard InChI is InChI=1S/C24H24N8/c1-31-5-7-32(8-6-31)23-4-2-3-19-17(23)10-21(28-19)24-18-11-20(27-14-22(18)29-30-24)15-9-16(25)13-26-12-15/h2-4,9-14,28H,5-8,25H2,1H3,(H,29,30). The second kappa shape index (κ2) is 7.35. The summed E-state index contributed by atoms with van der Waals surface area (Å²) in [4.78, 5) is 17.2. The highest BCUT2D eigenvalue weighted by Gasteiger charge is 2.19. The summed E-state index contributed by atoms with van der Waals surface area (Å²) in [5, 5.41) is 9.95. The number of nitrogens with one attached hydrogen (secondary N) is 2. The molecule has 0 atom stereocenters. The summed E-state index contributed by atoms with van der Waals surface area (Å²) in [6.07, 6.45) is 5.21. The van der Waals surface area contributed by atoms with E-state index in [0.717, 1.165) is 65.2 Å². The van der Waals surface area contributed by atoms with Gasteiger partial charge in [0.05, 0.1) is 28.8 Å². The Bertz CT molecular complexity index is 1420. The number of likely N-dealkylation sites (N-methyl/N-ethyl adjacent to an activating group) is 1. The van der Waals surface area contributed by atoms with E-state index in [-0.39, 0.29) is 0 Å². The fraction of sp³-hybridized carbons (Fsp3) is 0.208. The van der Waals surface area contributed by atoms with Gasteiger partial charge in [0.15, 0.2) is 0 Å². The van der Waals surface area contributed by atoms with Crippen LogP contribution in [0.4, 0.5) is 11.4 Å². The number of piperazine rings is 1. The number of aromatic nitrogens is 5. The van der Waals surface area contributed by atoms with E-state index in [4.69, 9.17) is 5.73 Å². The fourth-order valence-corrected chi connectivity index (χ4v) is 4.47. The van der Waals surface area contributed by atoms with E-state index in [0.29, 0.717) is 5.69 Å². The Morgan fingerprint density at radius 2 is 1.81 bits per heavy atom. The van der Waals surface area contributed by atoms with Crippen LogP contribution in [0, 0.1) is 0 Å². The third kappa shape index (κ3) is 3.16. The van der Waals surface area contributed by atoms with Crippen LogP contribution >= 0.6 is 0 Å². The molecule has 0 aliphatic carbocycles. The molecule has 1 aliphatic heterocycles. The van der Waals surface area contributed by atoms with E-state index in [2.05, 4.69) is 66.3 Å². The first-order chi connectivity index (χ1) is 15.7. The quantitative estimate of drug-likeness (QED) is 0.410. The van der Waals surface area contributed by atoms with Crippen molar-refractivity contribution in [2.45, 2.75) is 0 Å². The van der Waals surface area contributed by atoms with Gasteiger partial charge >= 0.3 is 0 Å². The largest absolute Gasteiger partial charge is 0.397 e. The summed E-state index contributed by atoms with van der Waals surface area (Å²) in [6, 6.07) is 12.6. The highest BCUT2D eigenvalue weighted by molar-refractivity contribution is 6.00. The maximum atomic E-state index is 5.92. The summed E-state index contributed by atoms with van der Waals surface area (Å²) in [5.41, 5.74) is 13.4. The summed E-state index contributed by atoms with van der Waals surface area (Å²) >= 11 is 0. The van der Waals surface area contributed by atoms with Gasteiger partial charge in [0.25, 0.3) is 0 Å². The summed E-state index contributed by atoms with van der Waals surface area (Å²) in [6.45, 7) is 4.22. The summed E-state index contributed by atoms with van der Waals surface area (Å²) < 4.78 is 0. The second-order valence-electron chi connectivity index (χ2n) is 8.41. The number of hydrogen-bond donors (Lipinski definition) is 3. The minimum Gasteiger partial charge on any atom is -0.397 e. The van der Waals surface area contributed by atoms with Gasteiger partial charge < -0.3 is 20.5 Å². The Kier molecular flexibility index (Phi) is 4.32. The first-order valence-electron chi connectivity index (χ1n) is 10.8. The number of aromatic amines is 2. The van der Waals surface area contributed by atoms with Crippen molar-refractivity contribution < 1.29 is 0 Å². The Hall–Kier alpha value is -3.91. The van der Waals surface area contributed by atoms with Crippen LogP contribution in [-0.4, -0.2) is 63.3 Å². The van der Waals surface area contributed by atoms with Crippen LogP contribution < -0.4 is 10.6 Å². The zero-order chi connectivity index (χ0) is 21.7. The molecular formula is C24H24N8. The molecule has 5 heterocycles. The number of fused-ring (bicyclic) bond motifs is 2. The molecule has 32 heavy (non-hydrogen) atoms. The van der Waals surface area contributed by atoms with Crippen LogP contribution in [0.5, 0.6) is 0 Å². The van der Waals surface area contributed by atoms with Crippen LogP contribution in [0.1, 0.15) is 0 Å². The number of H-pyrrole nitrogens is 2. The number of nitrogens with zero attached hydrogens (tertiary/aromatic N) is 5. The maximum Gasteiger partial charge on any atom is 0.116 e. The predicted octanol–water partition coefficient (Wildman–Crippen LogP) is 3.50. The lowest BCUT2D eigenvalue weighted by atomic mass is 10.1. The molecule has 0 amide bonds. The Morgan fingerprint density at radius 3 is 2.66 bits per heavy atom. The van der Waals surface area contributed by atoms with Crippen LogP contribution in [0.15, 0.2) is 55.0 Å². The fourth-order valence-electron chi connectivity index (χ4n) is 4.47. The zero-order valence-corrected chi connectivity index (χ0v) is 17.8. The van der Waals surface area contributed by atoms with Crippen molar-refractivity contribution >= 4 is 33.2 Å². The first kappa shape index (κ1) is 18.8. The van der Waals surface area contributed by atoms with Gasteiger partial charge in [-0.1, -0.05) is 6.07 Å². The monoisotopic (exact) mass is 424 g/mol. The number of anilines is 2. The van der Waals surface area contributed by atoms with Crippen molar-refractivity contribution in [1.29, 1.82) is 0 Å². The molecule has 1 aromatic carbocycles. The molecule has 8 nitrogen and oxygen atoms in total. The number of nitrogen functional groups attached to an aromatic ring is 1. The van der Waals surface area contributed by atoms with Crippen molar-refractivity contribution in [3.63, 3.8) is 0 Å². The lowest BCUT2D eigenvalue weighted by Crippen LogP contribution is -2.44. The van der Waals surface area contributed by atoms with Crippen LogP contribution in [-0.2, 0) is 0 Å². The van der Waals surface area contributed by atoms with Crippen molar-refractivity contribution in [2.75, 3.05) is 43.9 Å². The highest BCUT2D eigenvalue weighted by Crippen LogP contribution is 2.34. The smallest absolute Gasteiger partial charge is 0.116 e. The third-order valence-electron chi connectivity index (χ3n) is 6.24. The molecule has 0 unspecified atom stereocenters. The zero-order valence-electron chi connectivity index (χ0n) is 17.8. The average molecular weight is 425 g/mol. The molecule has 0 bridgehead atoms. The van der Waals surface area contributed by atoms with Crippen molar-refractivity contribution in [3.8, 4) is 22.6 Å². The van der Waals surface area contributed by atoms with E-state index >= 15 is 0 Å². The molecule has 160 valence electrons. The molecule has 1 aliphatic rings. The van der Waals surface area contributed by atoms with Crippen LogP contribution in [0.25, 0.3) is 44.5 Å². The van der Waals surface area contributed by atoms with Crippen molar-refractivity contribution in [1.82, 2.24) is 30.0 Å². The Labute approximate surface area is 185 Å². The van der Waals surface area contributed by atoms with E-state index < -0.39 is 0 Å². The van der Waals surface area contributed by atoms with E-state index in [1.54, 1.807) is 12.4 Å². The Balaban J connectivity index is 1.44. The SMILES string of the molecule is CN1CCN(c2cccc3[nH]c(-c4n[nH]c5cnc(-c6cncc(N)c6)cc45)cc23)CC1. The van der Waals surface area contributed by atoms with E-state index in [1.807, 2.05) is 18.3 Å². The van der Waals surface area contributed by atoms with Gasteiger partial charge in [0.1, 0.15) is 5.69 Å². The van der Waals surface area contributed by atoms with Gasteiger partial charge in [0.2, 0.25) is 0 Å². The minimum atomic E-state index is 0.615. The molecule has 4 aromatic heterocycles. The van der Waals surface area contributed by atoms with Gasteiger partial charge in [-0.2, -0.15) is 5.10 Å². The summed E-state index contributed by atoms with van der Waals surface area (Å²) in [5.74, 6) is 0. The second-order valence-corrected chi connectivity index (χ2v) is 8.41. The van der Waals surface area contributed by atoms with Crippen molar-refractivity contribution in [3.05, 3.63) is 55.0 Å². The van der Waals surface area contributed by atoms with Crippen LogP contribution in [0.3, 0.4) is 0 Å². The average Bonchev–Trinajstić information content (AvgIpc) is 3.43. The molecule has 1 saturated heterocycles. The highest BCUT2D eigenvalue weighted by atomic mass is 15.2. The van der Waals surface area contributed by atoms with Gasteiger partial charge in [-0.15, -0.1) is 0 Å². The lowest BCUT2D eigenvalue weighted by Gasteiger charge is -2.34. The molecule has 0 radical (unpaired) electrons. The summed E-state index contributed by atoms with van der Waals surface area (Å²) in [7, 11) is 2.18. The van der Waals surface area contributed by atoms with E-state index in [9.17, 15) is 0 Å². The Morgan fingerprint density at radius 1 is 0.938 bits per heavy atom. The molecule has 5 aromatic rings. The van der Waals surface area contributed by atoms with Gasteiger partial charge in [0, 0.05) is 66.1 Å². The third-order valence-corrected chi connectivity index (χ3v) is 6.24. The normalized spacial score (nSPS) is 15.1. The molecule has 8 heteroatoms. The van der Waals surface area contributed by atoms with Gasteiger partial charge in [-0.05, 0) is 37.4 Å². The van der Waals surface area contributed by atoms with Crippen molar-refractivity contribution in [2.24, 2.45) is 0 Å². The van der Waals surface area contributed by atoms with Gasteiger partial charge in [-0.25, -0.2) is 0 Å². The maximum absolute atomic E-state index is 5.92. The van der Waals surface area contributed by atoms with Gasteiger partial charge in [-0.3, -0.25) is 15.1 Å². The first-order valence-corrected chi connectivity index (χ1v) is 10.8. The molecule has 1 fully saturated rings. The number of benzene rings is 1. The number of pyridine rings is 2. The van der Waals surface area contributed by atoms with Crippen LogP contribution in [0.2, 0.25) is 0 Å². The lowest BCUT2D eigenvalue weighted by molar-refractivity contribution is 0.313. The number of nitrogens with two attached hydrogens (primary N) is 1. The molecule has 0 saturated carbocycles. The predicted molar refractivity (Wildman–Crippen MR) is 129 cm³/mol. The molecule has 4 N–H and O–H groups in total. The topological polar surface area (TPSA) is 103 Å². The number of hydrogen-bond acceptors (Lipinski definition) is 6. The molecule has 0 spiro atoms. The molecule has 6 rings (SSSR count). The molecular weight excluding hydrogens is 400 g/mol.